The minimum Gasteiger partial charge on any atom is -0.457 e. The van der Waals surface area contributed by atoms with Crippen molar-refractivity contribution in [2.45, 2.75) is 6.92 Å². The number of halogens is 1. The van der Waals surface area contributed by atoms with E-state index in [0.717, 1.165) is 26.9 Å². The second kappa shape index (κ2) is 6.81. The number of rotatable bonds is 3. The molecule has 0 bridgehead atoms. The van der Waals surface area contributed by atoms with Crippen LogP contribution in [0.3, 0.4) is 0 Å². The third-order valence-corrected chi connectivity index (χ3v) is 4.64. The molecule has 0 saturated carbocycles. The van der Waals surface area contributed by atoms with Crippen LogP contribution in [-0.4, -0.2) is 5.97 Å². The molecule has 0 unspecified atom stereocenters. The first kappa shape index (κ1) is 16.6. The van der Waals surface area contributed by atoms with Crippen LogP contribution in [0.1, 0.15) is 16.9 Å². The molecule has 26 heavy (non-hydrogen) atoms. The molecular formula is C22H15BrO3. The smallest absolute Gasteiger partial charge is 0.343 e. The van der Waals surface area contributed by atoms with Gasteiger partial charge < -0.3 is 9.15 Å². The molecule has 3 nitrogen and oxygen atoms in total. The van der Waals surface area contributed by atoms with Crippen LogP contribution in [-0.2, 0) is 9.53 Å². The number of ether oxygens (including phenoxy) is 1. The number of aryl methyl sites for hydroxylation is 1. The topological polar surface area (TPSA) is 39.4 Å². The van der Waals surface area contributed by atoms with E-state index < -0.39 is 0 Å². The highest BCUT2D eigenvalue weighted by atomic mass is 79.9. The van der Waals surface area contributed by atoms with Gasteiger partial charge in [0.15, 0.2) is 0 Å². The van der Waals surface area contributed by atoms with Gasteiger partial charge in [-0.25, -0.2) is 4.79 Å². The molecule has 0 spiro atoms. The molecule has 0 saturated heterocycles. The molecule has 2 aromatic carbocycles. The lowest BCUT2D eigenvalue weighted by molar-refractivity contribution is -0.130. The predicted molar refractivity (Wildman–Crippen MR) is 105 cm³/mol. The number of cyclic esters (lactones) is 1. The van der Waals surface area contributed by atoms with Gasteiger partial charge in [-0.3, -0.25) is 0 Å². The Kier molecular flexibility index (Phi) is 4.35. The molecule has 0 atom stereocenters. The molecule has 2 heterocycles. The molecule has 0 radical (unpaired) electrons. The number of carbonyl (C=O) groups is 1. The predicted octanol–water partition coefficient (Wildman–Crippen LogP) is 6.00. The Bertz CT molecular complexity index is 1020. The molecule has 0 aliphatic carbocycles. The minimum atomic E-state index is -0.373. The zero-order chi connectivity index (χ0) is 18.1. The molecule has 1 aliphatic rings. The van der Waals surface area contributed by atoms with Crippen molar-refractivity contribution in [3.05, 3.63) is 93.7 Å². The van der Waals surface area contributed by atoms with Crippen LogP contribution < -0.4 is 0 Å². The van der Waals surface area contributed by atoms with Gasteiger partial charge in [0.25, 0.3) is 0 Å². The van der Waals surface area contributed by atoms with E-state index in [1.165, 1.54) is 0 Å². The van der Waals surface area contributed by atoms with Crippen molar-refractivity contribution in [1.29, 1.82) is 0 Å². The number of hydrogen-bond donors (Lipinski definition) is 0. The summed E-state index contributed by atoms with van der Waals surface area (Å²) >= 11 is 3.42. The lowest BCUT2D eigenvalue weighted by atomic mass is 10.1. The normalized spacial score (nSPS) is 15.2. The number of hydrogen-bond acceptors (Lipinski definition) is 3. The fourth-order valence-electron chi connectivity index (χ4n) is 2.70. The Morgan fingerprint density at radius 2 is 1.58 bits per heavy atom. The molecule has 1 aromatic heterocycles. The molecule has 128 valence electrons. The van der Waals surface area contributed by atoms with E-state index in [0.29, 0.717) is 17.1 Å². The average Bonchev–Trinajstić information content (AvgIpc) is 3.24. The second-order valence-corrected chi connectivity index (χ2v) is 6.99. The van der Waals surface area contributed by atoms with Crippen molar-refractivity contribution in [3.63, 3.8) is 0 Å². The monoisotopic (exact) mass is 406 g/mol. The lowest BCUT2D eigenvalue weighted by Gasteiger charge is -2.01. The van der Waals surface area contributed by atoms with E-state index in [2.05, 4.69) is 15.9 Å². The molecule has 4 heteroatoms. The first-order valence-corrected chi connectivity index (χ1v) is 8.96. The summed E-state index contributed by atoms with van der Waals surface area (Å²) in [4.78, 5) is 12.2. The Morgan fingerprint density at radius 1 is 0.885 bits per heavy atom. The summed E-state index contributed by atoms with van der Waals surface area (Å²) in [5.74, 6) is 1.54. The van der Waals surface area contributed by atoms with Crippen molar-refractivity contribution in [2.24, 2.45) is 0 Å². The van der Waals surface area contributed by atoms with Crippen LogP contribution in [0.25, 0.3) is 23.2 Å². The van der Waals surface area contributed by atoms with E-state index in [1.54, 1.807) is 12.2 Å². The van der Waals surface area contributed by atoms with Crippen molar-refractivity contribution in [1.82, 2.24) is 0 Å². The van der Waals surface area contributed by atoms with Gasteiger partial charge in [0, 0.05) is 15.6 Å². The minimum absolute atomic E-state index is 0.373. The highest BCUT2D eigenvalue weighted by molar-refractivity contribution is 9.10. The lowest BCUT2D eigenvalue weighted by Crippen LogP contribution is -1.96. The maximum Gasteiger partial charge on any atom is 0.343 e. The Hall–Kier alpha value is -2.85. The average molecular weight is 407 g/mol. The van der Waals surface area contributed by atoms with Gasteiger partial charge in [0.05, 0.1) is 5.57 Å². The summed E-state index contributed by atoms with van der Waals surface area (Å²) in [6.45, 7) is 2.02. The zero-order valence-electron chi connectivity index (χ0n) is 14.0. The quantitative estimate of drug-likeness (QED) is 0.395. The van der Waals surface area contributed by atoms with E-state index in [9.17, 15) is 4.79 Å². The van der Waals surface area contributed by atoms with Gasteiger partial charge in [-0.2, -0.15) is 0 Å². The number of carbonyl (C=O) groups excluding carboxylic acids is 1. The standard InChI is InChI=1S/C22H15BrO3/c1-14-2-4-16(5-3-14)21-13-17(22(24)26-21)12-19-10-11-20(25-19)15-6-8-18(23)9-7-15/h2-13H,1H3/b17-12-. The summed E-state index contributed by atoms with van der Waals surface area (Å²) < 4.78 is 12.2. The summed E-state index contributed by atoms with van der Waals surface area (Å²) in [5, 5.41) is 0. The van der Waals surface area contributed by atoms with E-state index in [-0.39, 0.29) is 5.97 Å². The summed E-state index contributed by atoms with van der Waals surface area (Å²) in [6.07, 6.45) is 3.45. The van der Waals surface area contributed by atoms with Gasteiger partial charge >= 0.3 is 5.97 Å². The highest BCUT2D eigenvalue weighted by Crippen LogP contribution is 2.29. The third-order valence-electron chi connectivity index (χ3n) is 4.11. The maximum absolute atomic E-state index is 12.2. The molecule has 0 amide bonds. The van der Waals surface area contributed by atoms with Crippen molar-refractivity contribution >= 4 is 33.7 Å². The Labute approximate surface area is 159 Å². The van der Waals surface area contributed by atoms with Crippen LogP contribution >= 0.6 is 15.9 Å². The van der Waals surface area contributed by atoms with Gasteiger partial charge in [-0.05, 0) is 43.3 Å². The summed E-state index contributed by atoms with van der Waals surface area (Å²) in [6, 6.07) is 19.5. The van der Waals surface area contributed by atoms with Gasteiger partial charge in [-0.1, -0.05) is 57.9 Å². The number of benzene rings is 2. The van der Waals surface area contributed by atoms with Gasteiger partial charge in [0.2, 0.25) is 0 Å². The van der Waals surface area contributed by atoms with Crippen molar-refractivity contribution in [3.8, 4) is 11.3 Å². The third kappa shape index (κ3) is 3.41. The van der Waals surface area contributed by atoms with Crippen molar-refractivity contribution in [2.75, 3.05) is 0 Å². The van der Waals surface area contributed by atoms with E-state index >= 15 is 0 Å². The first-order valence-electron chi connectivity index (χ1n) is 8.17. The zero-order valence-corrected chi connectivity index (χ0v) is 15.6. The molecule has 0 fully saturated rings. The van der Waals surface area contributed by atoms with Gasteiger partial charge in [0.1, 0.15) is 17.3 Å². The first-order chi connectivity index (χ1) is 12.6. The summed E-state index contributed by atoms with van der Waals surface area (Å²) in [7, 11) is 0. The SMILES string of the molecule is Cc1ccc(C2=C/C(=C/c3ccc(-c4ccc(Br)cc4)o3)C(=O)O2)cc1. The van der Waals surface area contributed by atoms with Gasteiger partial charge in [-0.15, -0.1) is 0 Å². The Balaban J connectivity index is 1.61. The van der Waals surface area contributed by atoms with Crippen LogP contribution in [0.5, 0.6) is 0 Å². The van der Waals surface area contributed by atoms with Crippen LogP contribution in [0.15, 0.2) is 81.2 Å². The second-order valence-electron chi connectivity index (χ2n) is 6.07. The Morgan fingerprint density at radius 3 is 2.31 bits per heavy atom. The number of furan rings is 1. The largest absolute Gasteiger partial charge is 0.457 e. The van der Waals surface area contributed by atoms with Crippen LogP contribution in [0.4, 0.5) is 0 Å². The number of esters is 1. The highest BCUT2D eigenvalue weighted by Gasteiger charge is 2.22. The van der Waals surface area contributed by atoms with Crippen LogP contribution in [0, 0.1) is 6.92 Å². The fraction of sp³-hybridized carbons (Fsp3) is 0.0455. The van der Waals surface area contributed by atoms with E-state index in [4.69, 9.17) is 9.15 Å². The molecule has 3 aromatic rings. The maximum atomic E-state index is 12.2. The molecular weight excluding hydrogens is 392 g/mol. The van der Waals surface area contributed by atoms with Crippen LogP contribution in [0.2, 0.25) is 0 Å². The molecule has 0 N–H and O–H groups in total. The van der Waals surface area contributed by atoms with E-state index in [1.807, 2.05) is 67.6 Å². The molecule has 1 aliphatic heterocycles. The molecule has 4 rings (SSSR count). The fourth-order valence-corrected chi connectivity index (χ4v) is 2.97. The van der Waals surface area contributed by atoms with Crippen molar-refractivity contribution < 1.29 is 13.9 Å². The summed E-state index contributed by atoms with van der Waals surface area (Å²) in [5.41, 5.74) is 3.48.